The first-order valence-corrected chi connectivity index (χ1v) is 7.45. The van der Waals surface area contributed by atoms with Crippen LogP contribution in [0.5, 0.6) is 0 Å². The Kier molecular flexibility index (Phi) is 3.80. The quantitative estimate of drug-likeness (QED) is 0.854. The van der Waals surface area contributed by atoms with Crippen molar-refractivity contribution in [3.63, 3.8) is 0 Å². The Morgan fingerprint density at radius 3 is 2.38 bits per heavy atom. The summed E-state index contributed by atoms with van der Waals surface area (Å²) in [7, 11) is 0. The lowest BCUT2D eigenvalue weighted by Crippen LogP contribution is -2.14. The summed E-state index contributed by atoms with van der Waals surface area (Å²) >= 11 is 3.59. The highest BCUT2D eigenvalue weighted by Crippen LogP contribution is 2.34. The van der Waals surface area contributed by atoms with E-state index in [0.717, 1.165) is 34.9 Å². The molecule has 1 aliphatic heterocycles. The molecule has 0 unspecified atom stereocenters. The van der Waals surface area contributed by atoms with Gasteiger partial charge in [-0.1, -0.05) is 30.3 Å². The van der Waals surface area contributed by atoms with Gasteiger partial charge in [0.2, 0.25) is 0 Å². The van der Waals surface area contributed by atoms with Gasteiger partial charge in [-0.3, -0.25) is 0 Å². The van der Waals surface area contributed by atoms with Crippen molar-refractivity contribution in [2.75, 3.05) is 4.90 Å². The van der Waals surface area contributed by atoms with E-state index in [2.05, 4.69) is 45.1 Å². The molecule has 1 heterocycles. The average Bonchev–Trinajstić information content (AvgIpc) is 2.88. The summed E-state index contributed by atoms with van der Waals surface area (Å²) in [5, 5.41) is 8.66. The first-order valence-electron chi connectivity index (χ1n) is 6.66. The molecule has 3 rings (SSSR count). The molecule has 0 saturated heterocycles. The van der Waals surface area contributed by atoms with Crippen molar-refractivity contribution >= 4 is 33.7 Å². The Labute approximate surface area is 131 Å². The zero-order chi connectivity index (χ0) is 14.8. The van der Waals surface area contributed by atoms with Crippen LogP contribution in [0.1, 0.15) is 16.7 Å². The first kappa shape index (κ1) is 13.9. The van der Waals surface area contributed by atoms with Gasteiger partial charge in [0.1, 0.15) is 0 Å². The fourth-order valence-corrected chi connectivity index (χ4v) is 3.20. The number of anilines is 1. The normalized spacial score (nSPS) is 13.7. The van der Waals surface area contributed by atoms with Gasteiger partial charge in [0.25, 0.3) is 0 Å². The van der Waals surface area contributed by atoms with Gasteiger partial charge in [-0.25, -0.2) is 4.79 Å². The monoisotopic (exact) mass is 343 g/mol. The summed E-state index contributed by atoms with van der Waals surface area (Å²) in [6, 6.07) is 14.4. The zero-order valence-electron chi connectivity index (χ0n) is 11.3. The smallest absolute Gasteiger partial charge is 0.328 e. The van der Waals surface area contributed by atoms with Crippen molar-refractivity contribution in [3.05, 3.63) is 69.7 Å². The molecule has 1 N–H and O–H groups in total. The number of benzene rings is 2. The number of nitrogens with zero attached hydrogens (tertiary/aromatic N) is 1. The SMILES string of the molecule is O=C(O)/C=C/c1ccc(N2Cc3ccccc3C2)c(Br)c1. The van der Waals surface area contributed by atoms with E-state index in [1.54, 1.807) is 6.08 Å². The number of halogens is 1. The molecular weight excluding hydrogens is 330 g/mol. The number of carbonyl (C=O) groups is 1. The molecular formula is C17H14BrNO2. The number of carboxylic acids is 1. The predicted molar refractivity (Wildman–Crippen MR) is 87.1 cm³/mol. The number of carboxylic acid groups (broad SMARTS) is 1. The molecule has 0 bridgehead atoms. The third kappa shape index (κ3) is 3.00. The maximum absolute atomic E-state index is 10.6. The summed E-state index contributed by atoms with van der Waals surface area (Å²) in [6.45, 7) is 1.80. The third-order valence-electron chi connectivity index (χ3n) is 3.57. The maximum atomic E-state index is 10.6. The van der Waals surface area contributed by atoms with Crippen LogP contribution in [0.2, 0.25) is 0 Å². The highest BCUT2D eigenvalue weighted by molar-refractivity contribution is 9.10. The Balaban J connectivity index is 1.83. The highest BCUT2D eigenvalue weighted by Gasteiger charge is 2.20. The van der Waals surface area contributed by atoms with E-state index < -0.39 is 5.97 Å². The largest absolute Gasteiger partial charge is 0.478 e. The third-order valence-corrected chi connectivity index (χ3v) is 4.21. The van der Waals surface area contributed by atoms with E-state index in [9.17, 15) is 4.79 Å². The van der Waals surface area contributed by atoms with Crippen molar-refractivity contribution in [1.29, 1.82) is 0 Å². The van der Waals surface area contributed by atoms with Gasteiger partial charge in [0, 0.05) is 23.6 Å². The molecule has 0 aromatic heterocycles. The fourth-order valence-electron chi connectivity index (χ4n) is 2.55. The van der Waals surface area contributed by atoms with Crippen LogP contribution >= 0.6 is 15.9 Å². The number of rotatable bonds is 3. The molecule has 2 aromatic rings. The van der Waals surface area contributed by atoms with E-state index in [-0.39, 0.29) is 0 Å². The zero-order valence-corrected chi connectivity index (χ0v) is 12.9. The number of aliphatic carboxylic acids is 1. The molecule has 0 saturated carbocycles. The van der Waals surface area contributed by atoms with Crippen molar-refractivity contribution in [1.82, 2.24) is 0 Å². The average molecular weight is 344 g/mol. The molecule has 0 radical (unpaired) electrons. The number of hydrogen-bond acceptors (Lipinski definition) is 2. The summed E-state index contributed by atoms with van der Waals surface area (Å²) in [5.41, 5.74) is 4.71. The molecule has 21 heavy (non-hydrogen) atoms. The van der Waals surface area contributed by atoms with Crippen molar-refractivity contribution in [3.8, 4) is 0 Å². The molecule has 3 nitrogen and oxygen atoms in total. The fraction of sp³-hybridized carbons (Fsp3) is 0.118. The Hall–Kier alpha value is -2.07. The van der Waals surface area contributed by atoms with Crippen molar-refractivity contribution in [2.45, 2.75) is 13.1 Å². The maximum Gasteiger partial charge on any atom is 0.328 e. The lowest BCUT2D eigenvalue weighted by atomic mass is 10.1. The van der Waals surface area contributed by atoms with E-state index in [4.69, 9.17) is 5.11 Å². The predicted octanol–water partition coefficient (Wildman–Crippen LogP) is 4.07. The van der Waals surface area contributed by atoms with Gasteiger partial charge < -0.3 is 10.0 Å². The molecule has 0 spiro atoms. The van der Waals surface area contributed by atoms with Crippen LogP contribution in [0.15, 0.2) is 53.0 Å². The standard InChI is InChI=1S/C17H14BrNO2/c18-15-9-12(6-8-17(20)21)5-7-16(15)19-10-13-3-1-2-4-14(13)11-19/h1-9H,10-11H2,(H,20,21)/b8-6+. The molecule has 0 amide bonds. The Morgan fingerprint density at radius 1 is 1.14 bits per heavy atom. The van der Waals surface area contributed by atoms with Gasteiger partial charge in [0.05, 0.1) is 5.69 Å². The van der Waals surface area contributed by atoms with Crippen LogP contribution in [-0.2, 0) is 17.9 Å². The van der Waals surface area contributed by atoms with Crippen LogP contribution in [-0.4, -0.2) is 11.1 Å². The second kappa shape index (κ2) is 5.74. The molecule has 4 heteroatoms. The first-order chi connectivity index (χ1) is 10.1. The number of hydrogen-bond donors (Lipinski definition) is 1. The summed E-state index contributed by atoms with van der Waals surface area (Å²) < 4.78 is 0.975. The second-order valence-electron chi connectivity index (χ2n) is 5.01. The van der Waals surface area contributed by atoms with Crippen LogP contribution in [0.4, 0.5) is 5.69 Å². The van der Waals surface area contributed by atoms with Crippen LogP contribution in [0, 0.1) is 0 Å². The molecule has 0 aliphatic carbocycles. The summed E-state index contributed by atoms with van der Waals surface area (Å²) in [5.74, 6) is -0.940. The molecule has 2 aromatic carbocycles. The van der Waals surface area contributed by atoms with E-state index in [1.165, 1.54) is 11.1 Å². The van der Waals surface area contributed by atoms with E-state index in [0.29, 0.717) is 0 Å². The van der Waals surface area contributed by atoms with E-state index >= 15 is 0 Å². The van der Waals surface area contributed by atoms with Gasteiger partial charge in [-0.05, 0) is 50.8 Å². The minimum Gasteiger partial charge on any atom is -0.478 e. The van der Waals surface area contributed by atoms with Gasteiger partial charge in [0.15, 0.2) is 0 Å². The molecule has 0 fully saturated rings. The minimum atomic E-state index is -0.940. The topological polar surface area (TPSA) is 40.5 Å². The van der Waals surface area contributed by atoms with Gasteiger partial charge >= 0.3 is 5.97 Å². The van der Waals surface area contributed by atoms with Crippen LogP contribution < -0.4 is 4.90 Å². The summed E-state index contributed by atoms with van der Waals surface area (Å²) in [6.07, 6.45) is 2.74. The van der Waals surface area contributed by atoms with Crippen molar-refractivity contribution < 1.29 is 9.90 Å². The van der Waals surface area contributed by atoms with Crippen LogP contribution in [0.25, 0.3) is 6.08 Å². The molecule has 106 valence electrons. The van der Waals surface area contributed by atoms with Crippen molar-refractivity contribution in [2.24, 2.45) is 0 Å². The van der Waals surface area contributed by atoms with Crippen LogP contribution in [0.3, 0.4) is 0 Å². The van der Waals surface area contributed by atoms with Gasteiger partial charge in [-0.15, -0.1) is 0 Å². The molecule has 0 atom stereocenters. The second-order valence-corrected chi connectivity index (χ2v) is 5.86. The highest BCUT2D eigenvalue weighted by atomic mass is 79.9. The Bertz CT molecular complexity index is 699. The van der Waals surface area contributed by atoms with Gasteiger partial charge in [-0.2, -0.15) is 0 Å². The minimum absolute atomic E-state index is 0.865. The molecule has 1 aliphatic rings. The lowest BCUT2D eigenvalue weighted by molar-refractivity contribution is -0.131. The summed E-state index contributed by atoms with van der Waals surface area (Å²) in [4.78, 5) is 12.9. The Morgan fingerprint density at radius 2 is 1.81 bits per heavy atom. The van der Waals surface area contributed by atoms with E-state index in [1.807, 2.05) is 18.2 Å². The number of fused-ring (bicyclic) bond motifs is 1. The lowest BCUT2D eigenvalue weighted by Gasteiger charge is -2.19.